The van der Waals surface area contributed by atoms with Crippen LogP contribution in [0.5, 0.6) is 0 Å². The third-order valence-corrected chi connectivity index (χ3v) is 5.94. The Morgan fingerprint density at radius 3 is 3.00 bits per heavy atom. The number of hydrogen-bond donors (Lipinski definition) is 1. The molecule has 1 atom stereocenters. The fourth-order valence-corrected chi connectivity index (χ4v) is 4.59. The maximum absolute atomic E-state index is 12.8. The first-order valence-electron chi connectivity index (χ1n) is 7.72. The highest BCUT2D eigenvalue weighted by atomic mass is 32.1. The van der Waals surface area contributed by atoms with E-state index in [1.165, 1.54) is 22.3 Å². The van der Waals surface area contributed by atoms with Gasteiger partial charge in [-0.25, -0.2) is 9.66 Å². The van der Waals surface area contributed by atoms with Gasteiger partial charge in [0.05, 0.1) is 5.39 Å². The van der Waals surface area contributed by atoms with Crippen molar-refractivity contribution in [2.45, 2.75) is 19.3 Å². The number of nitrogens with one attached hydrogen (secondary N) is 1. The summed E-state index contributed by atoms with van der Waals surface area (Å²) in [5, 5.41) is 4.49. The molecule has 122 valence electrons. The molecule has 0 bridgehead atoms. The molecule has 0 saturated carbocycles. The second-order valence-electron chi connectivity index (χ2n) is 5.68. The summed E-state index contributed by atoms with van der Waals surface area (Å²) in [6.45, 7) is 0. The highest BCUT2D eigenvalue weighted by Crippen LogP contribution is 2.33. The molecular formula is C17H15N3O2S2. The fourth-order valence-electron chi connectivity index (χ4n) is 2.87. The molecule has 1 N–H and O–H groups in total. The lowest BCUT2D eigenvalue weighted by Crippen LogP contribution is -2.36. The molecule has 3 heterocycles. The Kier molecular flexibility index (Phi) is 4.03. The first-order valence-corrected chi connectivity index (χ1v) is 9.48. The molecule has 0 unspecified atom stereocenters. The SMILES string of the molecule is O=C(Nn1cnc2scc(-c3cccs3)c2c1=O)[C@@H]1CC=CCC1. The van der Waals surface area contributed by atoms with Crippen molar-refractivity contribution >= 4 is 38.8 Å². The Balaban J connectivity index is 1.70. The van der Waals surface area contributed by atoms with Gasteiger partial charge in [0.15, 0.2) is 0 Å². The van der Waals surface area contributed by atoms with Crippen LogP contribution in [0.15, 0.2) is 46.2 Å². The van der Waals surface area contributed by atoms with Crippen molar-refractivity contribution < 1.29 is 4.79 Å². The van der Waals surface area contributed by atoms with Gasteiger partial charge in [0.2, 0.25) is 5.91 Å². The molecule has 0 aliphatic heterocycles. The number of fused-ring (bicyclic) bond motifs is 1. The van der Waals surface area contributed by atoms with E-state index in [9.17, 15) is 9.59 Å². The molecule has 5 nitrogen and oxygen atoms in total. The van der Waals surface area contributed by atoms with Crippen molar-refractivity contribution in [1.29, 1.82) is 0 Å². The zero-order valence-electron chi connectivity index (χ0n) is 12.8. The van der Waals surface area contributed by atoms with E-state index in [0.717, 1.165) is 29.7 Å². The Labute approximate surface area is 146 Å². The average molecular weight is 357 g/mol. The summed E-state index contributed by atoms with van der Waals surface area (Å²) in [6.07, 6.45) is 7.93. The van der Waals surface area contributed by atoms with Crippen LogP contribution in [-0.4, -0.2) is 15.6 Å². The summed E-state index contributed by atoms with van der Waals surface area (Å²) < 4.78 is 1.22. The second kappa shape index (κ2) is 6.33. The molecule has 0 radical (unpaired) electrons. The molecule has 0 fully saturated rings. The summed E-state index contributed by atoms with van der Waals surface area (Å²) in [5.41, 5.74) is 3.36. The predicted molar refractivity (Wildman–Crippen MR) is 98.0 cm³/mol. The zero-order chi connectivity index (χ0) is 16.5. The van der Waals surface area contributed by atoms with Gasteiger partial charge in [-0.2, -0.15) is 0 Å². The quantitative estimate of drug-likeness (QED) is 0.728. The number of carbonyl (C=O) groups is 1. The number of amides is 1. The summed E-state index contributed by atoms with van der Waals surface area (Å²) >= 11 is 3.02. The van der Waals surface area contributed by atoms with Gasteiger partial charge in [0.1, 0.15) is 11.2 Å². The number of hydrogen-bond acceptors (Lipinski definition) is 5. The third kappa shape index (κ3) is 2.70. The maximum Gasteiger partial charge on any atom is 0.281 e. The predicted octanol–water partition coefficient (Wildman–Crippen LogP) is 3.61. The van der Waals surface area contributed by atoms with Crippen molar-refractivity contribution in [3.8, 4) is 10.4 Å². The van der Waals surface area contributed by atoms with E-state index >= 15 is 0 Å². The number of aromatic nitrogens is 2. The highest BCUT2D eigenvalue weighted by molar-refractivity contribution is 7.18. The van der Waals surface area contributed by atoms with Gasteiger partial charge in [-0.15, -0.1) is 22.7 Å². The Morgan fingerprint density at radius 2 is 2.25 bits per heavy atom. The molecule has 1 aliphatic carbocycles. The van der Waals surface area contributed by atoms with Crippen LogP contribution in [0.1, 0.15) is 19.3 Å². The molecule has 0 spiro atoms. The van der Waals surface area contributed by atoms with E-state index in [2.05, 4.69) is 16.5 Å². The summed E-state index contributed by atoms with van der Waals surface area (Å²) in [4.78, 5) is 31.3. The maximum atomic E-state index is 12.8. The first kappa shape index (κ1) is 15.3. The Hall–Kier alpha value is -2.25. The third-order valence-electron chi connectivity index (χ3n) is 4.15. The van der Waals surface area contributed by atoms with Crippen molar-refractivity contribution in [2.24, 2.45) is 5.92 Å². The molecule has 1 aliphatic rings. The van der Waals surface area contributed by atoms with Crippen molar-refractivity contribution in [2.75, 3.05) is 5.43 Å². The standard InChI is InChI=1S/C17H15N3O2S2/c21-15(11-5-2-1-3-6-11)19-20-10-18-16-14(17(20)22)12(9-24-16)13-7-4-8-23-13/h1-2,4,7-11H,3,5-6H2,(H,19,21)/t11-/m1/s1. The van der Waals surface area contributed by atoms with E-state index in [1.54, 1.807) is 11.3 Å². The number of nitrogens with zero attached hydrogens (tertiary/aromatic N) is 2. The average Bonchev–Trinajstić information content (AvgIpc) is 3.27. The van der Waals surface area contributed by atoms with Gasteiger partial charge in [0, 0.05) is 21.7 Å². The van der Waals surface area contributed by atoms with Crippen molar-refractivity contribution in [1.82, 2.24) is 9.66 Å². The summed E-state index contributed by atoms with van der Waals surface area (Å²) in [7, 11) is 0. The van der Waals surface area contributed by atoms with Crippen molar-refractivity contribution in [3.05, 3.63) is 51.7 Å². The van der Waals surface area contributed by atoms with Crippen molar-refractivity contribution in [3.63, 3.8) is 0 Å². The van der Waals surface area contributed by atoms with E-state index in [1.807, 2.05) is 29.0 Å². The van der Waals surface area contributed by atoms with Gasteiger partial charge >= 0.3 is 0 Å². The van der Waals surface area contributed by atoms with E-state index in [4.69, 9.17) is 0 Å². The minimum Gasteiger partial charge on any atom is -0.273 e. The van der Waals surface area contributed by atoms with Gasteiger partial charge in [-0.1, -0.05) is 18.2 Å². The summed E-state index contributed by atoms with van der Waals surface area (Å²) in [6, 6.07) is 3.94. The molecule has 7 heteroatoms. The number of carbonyl (C=O) groups excluding carboxylic acids is 1. The Bertz CT molecular complexity index is 970. The molecule has 24 heavy (non-hydrogen) atoms. The summed E-state index contributed by atoms with van der Waals surface area (Å²) in [5.74, 6) is -0.215. The van der Waals surface area contributed by atoms with E-state index in [0.29, 0.717) is 10.2 Å². The normalized spacial score (nSPS) is 17.2. The topological polar surface area (TPSA) is 64.0 Å². The smallest absolute Gasteiger partial charge is 0.273 e. The van der Waals surface area contributed by atoms with Gasteiger partial charge in [-0.05, 0) is 30.7 Å². The van der Waals surface area contributed by atoms with Gasteiger partial charge < -0.3 is 0 Å². The number of rotatable bonds is 3. The zero-order valence-corrected chi connectivity index (χ0v) is 14.4. The van der Waals surface area contributed by atoms with Crippen LogP contribution < -0.4 is 11.0 Å². The molecule has 3 aromatic heterocycles. The molecule has 0 aromatic carbocycles. The molecule has 3 aromatic rings. The van der Waals surface area contributed by atoms with Crippen LogP contribution in [0.25, 0.3) is 20.7 Å². The van der Waals surface area contributed by atoms with Crippen LogP contribution in [-0.2, 0) is 4.79 Å². The first-order chi connectivity index (χ1) is 11.7. The van der Waals surface area contributed by atoms with E-state index in [-0.39, 0.29) is 17.4 Å². The second-order valence-corrected chi connectivity index (χ2v) is 7.49. The lowest BCUT2D eigenvalue weighted by Gasteiger charge is -2.17. The lowest BCUT2D eigenvalue weighted by atomic mass is 9.94. The largest absolute Gasteiger partial charge is 0.281 e. The lowest BCUT2D eigenvalue weighted by molar-refractivity contribution is -0.121. The van der Waals surface area contributed by atoms with Crippen LogP contribution in [0.4, 0.5) is 0 Å². The van der Waals surface area contributed by atoms with Crippen LogP contribution in [0.2, 0.25) is 0 Å². The monoisotopic (exact) mass is 357 g/mol. The minimum atomic E-state index is -0.232. The highest BCUT2D eigenvalue weighted by Gasteiger charge is 2.20. The molecule has 1 amide bonds. The number of thiophene rings is 2. The van der Waals surface area contributed by atoms with Crippen LogP contribution in [0, 0.1) is 5.92 Å². The minimum absolute atomic E-state index is 0.0863. The van der Waals surface area contributed by atoms with Gasteiger partial charge in [-0.3, -0.25) is 15.0 Å². The van der Waals surface area contributed by atoms with Gasteiger partial charge in [0.25, 0.3) is 5.56 Å². The van der Waals surface area contributed by atoms with E-state index < -0.39 is 0 Å². The van der Waals surface area contributed by atoms with Crippen LogP contribution in [0.3, 0.4) is 0 Å². The van der Waals surface area contributed by atoms with Crippen LogP contribution >= 0.6 is 22.7 Å². The molecule has 0 saturated heterocycles. The molecule has 4 rings (SSSR count). The Morgan fingerprint density at radius 1 is 1.33 bits per heavy atom. The fraction of sp³-hybridized carbons (Fsp3) is 0.235. The number of allylic oxidation sites excluding steroid dienone is 2. The molecular weight excluding hydrogens is 342 g/mol.